The summed E-state index contributed by atoms with van der Waals surface area (Å²) in [6.45, 7) is 6.68. The summed E-state index contributed by atoms with van der Waals surface area (Å²) in [7, 11) is 0. The van der Waals surface area contributed by atoms with Crippen molar-refractivity contribution in [3.63, 3.8) is 0 Å². The molecule has 3 heterocycles. The molecule has 1 aliphatic carbocycles. The van der Waals surface area contributed by atoms with E-state index in [0.29, 0.717) is 24.9 Å². The van der Waals surface area contributed by atoms with Crippen molar-refractivity contribution < 1.29 is 19.0 Å². The summed E-state index contributed by atoms with van der Waals surface area (Å²) in [6, 6.07) is 6.19. The van der Waals surface area contributed by atoms with E-state index in [9.17, 15) is 4.79 Å². The normalized spacial score (nSPS) is 28.2. The maximum absolute atomic E-state index is 12.4. The van der Waals surface area contributed by atoms with E-state index >= 15 is 0 Å². The third kappa shape index (κ3) is 5.40. The number of rotatable bonds is 8. The van der Waals surface area contributed by atoms with Gasteiger partial charge in [0.05, 0.1) is 11.8 Å². The van der Waals surface area contributed by atoms with Gasteiger partial charge in [-0.25, -0.2) is 0 Å². The lowest BCUT2D eigenvalue weighted by molar-refractivity contribution is -0.122. The smallest absolute Gasteiger partial charge is 0.231 e. The molecule has 1 saturated carbocycles. The summed E-state index contributed by atoms with van der Waals surface area (Å²) >= 11 is 0. The summed E-state index contributed by atoms with van der Waals surface area (Å²) in [4.78, 5) is 17.4. The lowest BCUT2D eigenvalue weighted by Crippen LogP contribution is -2.47. The minimum atomic E-state index is 0.211. The van der Waals surface area contributed by atoms with Crippen molar-refractivity contribution in [2.45, 2.75) is 63.9 Å². The predicted molar refractivity (Wildman–Crippen MR) is 124 cm³/mol. The Hall–Kier alpha value is -1.79. The lowest BCUT2D eigenvalue weighted by Gasteiger charge is -2.37. The molecular formula is C26H38N2O4. The van der Waals surface area contributed by atoms with Crippen LogP contribution in [-0.4, -0.2) is 62.9 Å². The largest absolute Gasteiger partial charge is 0.454 e. The zero-order valence-corrected chi connectivity index (χ0v) is 19.3. The summed E-state index contributed by atoms with van der Waals surface area (Å²) < 4.78 is 16.9. The number of piperazine rings is 1. The second-order valence-electron chi connectivity index (χ2n) is 10.1. The number of ether oxygens (including phenoxy) is 3. The number of Topliss-reactive ketones (excluding diaryl/α,β-unsaturated/α-hetero) is 1. The molecule has 0 amide bonds. The average Bonchev–Trinajstić information content (AvgIpc) is 3.51. The van der Waals surface area contributed by atoms with E-state index in [4.69, 9.17) is 14.2 Å². The Bertz CT molecular complexity index is 763. The molecule has 6 heteroatoms. The monoisotopic (exact) mass is 442 g/mol. The fourth-order valence-electron chi connectivity index (χ4n) is 5.93. The Morgan fingerprint density at radius 2 is 1.75 bits per heavy atom. The molecule has 0 bridgehead atoms. The highest BCUT2D eigenvalue weighted by Gasteiger charge is 2.27. The fourth-order valence-corrected chi connectivity index (χ4v) is 5.93. The second kappa shape index (κ2) is 10.4. The number of hydrogen-bond acceptors (Lipinski definition) is 6. The first-order valence-electron chi connectivity index (χ1n) is 12.7. The number of carbonyl (C=O) groups is 1. The van der Waals surface area contributed by atoms with Crippen LogP contribution in [-0.2, 0) is 9.53 Å². The van der Waals surface area contributed by atoms with E-state index in [1.165, 1.54) is 44.3 Å². The second-order valence-corrected chi connectivity index (χ2v) is 10.1. The molecule has 6 nitrogen and oxygen atoms in total. The molecule has 3 aliphatic heterocycles. The van der Waals surface area contributed by atoms with E-state index in [1.807, 2.05) is 6.07 Å². The molecule has 176 valence electrons. The van der Waals surface area contributed by atoms with Gasteiger partial charge in [-0.05, 0) is 62.6 Å². The maximum atomic E-state index is 12.4. The Kier molecular flexibility index (Phi) is 7.18. The lowest BCUT2D eigenvalue weighted by atomic mass is 9.78. The number of fused-ring (bicyclic) bond motifs is 1. The highest BCUT2D eigenvalue weighted by Crippen LogP contribution is 2.41. The minimum Gasteiger partial charge on any atom is -0.454 e. The molecule has 0 aromatic heterocycles. The van der Waals surface area contributed by atoms with Crippen molar-refractivity contribution >= 4 is 11.5 Å². The minimum absolute atomic E-state index is 0.211. The fraction of sp³-hybridized carbons (Fsp3) is 0.731. The number of nitrogens with zero attached hydrogens (tertiary/aromatic N) is 2. The van der Waals surface area contributed by atoms with E-state index in [-0.39, 0.29) is 6.10 Å². The molecule has 1 unspecified atom stereocenters. The Balaban J connectivity index is 0.988. The van der Waals surface area contributed by atoms with Crippen LogP contribution in [0.1, 0.15) is 57.8 Å². The zero-order valence-electron chi connectivity index (χ0n) is 19.3. The van der Waals surface area contributed by atoms with Crippen LogP contribution < -0.4 is 14.4 Å². The third-order valence-corrected chi connectivity index (χ3v) is 7.90. The van der Waals surface area contributed by atoms with Gasteiger partial charge in [0, 0.05) is 45.6 Å². The molecule has 0 radical (unpaired) electrons. The first-order valence-corrected chi connectivity index (χ1v) is 12.7. The summed E-state index contributed by atoms with van der Waals surface area (Å²) in [5, 5.41) is 0. The van der Waals surface area contributed by atoms with Crippen LogP contribution in [0.2, 0.25) is 0 Å². The first-order chi connectivity index (χ1) is 15.7. The van der Waals surface area contributed by atoms with Crippen LogP contribution in [0.25, 0.3) is 0 Å². The van der Waals surface area contributed by atoms with Crippen LogP contribution in [0, 0.1) is 11.8 Å². The van der Waals surface area contributed by atoms with Gasteiger partial charge in [-0.1, -0.05) is 18.9 Å². The van der Waals surface area contributed by atoms with Gasteiger partial charge in [0.15, 0.2) is 11.5 Å². The van der Waals surface area contributed by atoms with Crippen molar-refractivity contribution in [1.29, 1.82) is 0 Å². The summed E-state index contributed by atoms with van der Waals surface area (Å²) in [5.41, 5.74) is 1.17. The van der Waals surface area contributed by atoms with E-state index < -0.39 is 0 Å². The zero-order chi connectivity index (χ0) is 21.8. The average molecular weight is 443 g/mol. The number of hydrogen-bond donors (Lipinski definition) is 0. The maximum Gasteiger partial charge on any atom is 0.231 e. The van der Waals surface area contributed by atoms with Crippen molar-refractivity contribution in [3.8, 4) is 11.5 Å². The number of anilines is 1. The highest BCUT2D eigenvalue weighted by atomic mass is 16.7. The van der Waals surface area contributed by atoms with E-state index in [2.05, 4.69) is 21.9 Å². The van der Waals surface area contributed by atoms with Gasteiger partial charge >= 0.3 is 0 Å². The summed E-state index contributed by atoms with van der Waals surface area (Å²) in [6.07, 6.45) is 10.2. The molecule has 1 aromatic carbocycles. The van der Waals surface area contributed by atoms with Crippen molar-refractivity contribution in [1.82, 2.24) is 4.90 Å². The molecule has 0 N–H and O–H groups in total. The molecule has 3 fully saturated rings. The van der Waals surface area contributed by atoms with E-state index in [1.54, 1.807) is 0 Å². The summed E-state index contributed by atoms with van der Waals surface area (Å²) in [5.74, 6) is 3.66. The van der Waals surface area contributed by atoms with Crippen LogP contribution in [0.5, 0.6) is 11.5 Å². The first kappa shape index (κ1) is 22.0. The quantitative estimate of drug-likeness (QED) is 0.600. The number of benzene rings is 1. The SMILES string of the molecule is O=C(CC1CCC(CCN2CCN(c3cccc4c3OCO4)CC2)CC1)CC1CCCO1. The number of para-hydroxylation sites is 1. The molecule has 1 atom stereocenters. The predicted octanol–water partition coefficient (Wildman–Crippen LogP) is 4.26. The highest BCUT2D eigenvalue weighted by molar-refractivity contribution is 5.79. The Labute approximate surface area is 192 Å². The molecule has 32 heavy (non-hydrogen) atoms. The number of ketones is 1. The van der Waals surface area contributed by atoms with Crippen LogP contribution in [0.3, 0.4) is 0 Å². The van der Waals surface area contributed by atoms with Gasteiger partial charge in [-0.15, -0.1) is 0 Å². The van der Waals surface area contributed by atoms with Crippen molar-refractivity contribution in [3.05, 3.63) is 18.2 Å². The molecule has 4 aliphatic rings. The van der Waals surface area contributed by atoms with Crippen LogP contribution in [0.4, 0.5) is 5.69 Å². The molecule has 0 spiro atoms. The topological polar surface area (TPSA) is 51.2 Å². The Morgan fingerprint density at radius 3 is 2.53 bits per heavy atom. The number of carbonyl (C=O) groups excluding carboxylic acids is 1. The van der Waals surface area contributed by atoms with Crippen LogP contribution >= 0.6 is 0 Å². The van der Waals surface area contributed by atoms with Crippen molar-refractivity contribution in [2.75, 3.05) is 51.0 Å². The van der Waals surface area contributed by atoms with E-state index in [0.717, 1.165) is 69.5 Å². The van der Waals surface area contributed by atoms with Gasteiger partial charge in [-0.3, -0.25) is 9.69 Å². The van der Waals surface area contributed by atoms with Crippen LogP contribution in [0.15, 0.2) is 18.2 Å². The van der Waals surface area contributed by atoms with Gasteiger partial charge in [0.25, 0.3) is 0 Å². The molecule has 2 saturated heterocycles. The van der Waals surface area contributed by atoms with Crippen molar-refractivity contribution in [2.24, 2.45) is 11.8 Å². The third-order valence-electron chi connectivity index (χ3n) is 7.90. The van der Waals surface area contributed by atoms with Gasteiger partial charge < -0.3 is 19.1 Å². The van der Waals surface area contributed by atoms with Gasteiger partial charge in [-0.2, -0.15) is 0 Å². The Morgan fingerprint density at radius 1 is 0.938 bits per heavy atom. The molecule has 1 aromatic rings. The standard InChI is InChI=1S/C26H38N2O4/c29-22(18-23-3-2-16-30-23)17-21-8-6-20(7-9-21)10-11-27-12-14-28(15-13-27)24-4-1-5-25-26(24)32-19-31-25/h1,4-5,20-21,23H,2-3,6-19H2. The molecule has 5 rings (SSSR count). The van der Waals surface area contributed by atoms with Gasteiger partial charge in [0.2, 0.25) is 6.79 Å². The molecular weight excluding hydrogens is 404 g/mol. The van der Waals surface area contributed by atoms with Gasteiger partial charge in [0.1, 0.15) is 5.78 Å².